The Balaban J connectivity index is 2.08. The van der Waals surface area contributed by atoms with Gasteiger partial charge in [-0.3, -0.25) is 9.59 Å². The minimum Gasteiger partial charge on any atom is -0.467 e. The fourth-order valence-electron chi connectivity index (χ4n) is 1.92. The van der Waals surface area contributed by atoms with Crippen molar-refractivity contribution in [2.45, 2.75) is 18.9 Å². The Bertz CT molecular complexity index is 750. The van der Waals surface area contributed by atoms with Crippen molar-refractivity contribution in [3.05, 3.63) is 17.5 Å². The third kappa shape index (κ3) is 2.73. The minimum absolute atomic E-state index is 0.110. The predicted molar refractivity (Wildman–Crippen MR) is 77.2 cm³/mol. The molecule has 0 atom stereocenters. The summed E-state index contributed by atoms with van der Waals surface area (Å²) in [5.74, 6) is 0.528. The van der Waals surface area contributed by atoms with Gasteiger partial charge in [0.2, 0.25) is 12.4 Å². The Morgan fingerprint density at radius 3 is 2.86 bits per heavy atom. The summed E-state index contributed by atoms with van der Waals surface area (Å²) in [6.07, 6.45) is 6.16. The van der Waals surface area contributed by atoms with E-state index >= 15 is 0 Å². The fourth-order valence-corrected chi connectivity index (χ4v) is 1.92. The first-order valence-corrected chi connectivity index (χ1v) is 6.68. The number of ether oxygens (including phenoxy) is 1. The van der Waals surface area contributed by atoms with Gasteiger partial charge < -0.3 is 15.4 Å². The maximum atomic E-state index is 10.9. The lowest BCUT2D eigenvalue weighted by atomic mass is 10.3. The molecule has 9 nitrogen and oxygen atoms in total. The highest BCUT2D eigenvalue weighted by Crippen LogP contribution is 2.25. The standard InChI is InChI=1S/C13H14N6O3/c1-22-13-17-11-8(4-10(6-20)14-7-21)5-15-19(11)12(18-13)16-9-2-3-9/h4-7,9H,2-3H2,1H3,(H,14,21)(H,16,17,18)/b10-4-. The summed E-state index contributed by atoms with van der Waals surface area (Å²) >= 11 is 0. The molecule has 0 aromatic carbocycles. The smallest absolute Gasteiger partial charge is 0.321 e. The van der Waals surface area contributed by atoms with E-state index in [1.807, 2.05) is 0 Å². The van der Waals surface area contributed by atoms with Gasteiger partial charge in [0.25, 0.3) is 0 Å². The van der Waals surface area contributed by atoms with Crippen molar-refractivity contribution in [2.75, 3.05) is 12.4 Å². The molecule has 2 aromatic rings. The highest BCUT2D eigenvalue weighted by atomic mass is 16.5. The molecule has 0 aliphatic heterocycles. The van der Waals surface area contributed by atoms with Crippen LogP contribution in [-0.4, -0.2) is 45.4 Å². The number of hydrogen-bond acceptors (Lipinski definition) is 7. The molecular formula is C13H14N6O3. The maximum Gasteiger partial charge on any atom is 0.321 e. The van der Waals surface area contributed by atoms with Crippen molar-refractivity contribution in [3.8, 4) is 6.01 Å². The lowest BCUT2D eigenvalue weighted by molar-refractivity contribution is -0.111. The summed E-state index contributed by atoms with van der Waals surface area (Å²) in [6, 6.07) is 0.579. The van der Waals surface area contributed by atoms with Crippen LogP contribution < -0.4 is 15.4 Å². The van der Waals surface area contributed by atoms with Gasteiger partial charge in [0, 0.05) is 11.6 Å². The van der Waals surface area contributed by atoms with Crippen LogP contribution in [-0.2, 0) is 9.59 Å². The minimum atomic E-state index is 0.110. The van der Waals surface area contributed by atoms with Crippen LogP contribution in [0.15, 0.2) is 11.9 Å². The van der Waals surface area contributed by atoms with Crippen LogP contribution >= 0.6 is 0 Å². The Morgan fingerprint density at radius 2 is 2.23 bits per heavy atom. The van der Waals surface area contributed by atoms with Gasteiger partial charge in [0.15, 0.2) is 11.9 Å². The number of rotatable bonds is 7. The first-order chi connectivity index (χ1) is 10.7. The van der Waals surface area contributed by atoms with E-state index in [1.165, 1.54) is 23.9 Å². The third-order valence-electron chi connectivity index (χ3n) is 3.13. The Morgan fingerprint density at radius 1 is 1.41 bits per heavy atom. The van der Waals surface area contributed by atoms with E-state index in [0.717, 1.165) is 12.8 Å². The molecule has 3 rings (SSSR count). The van der Waals surface area contributed by atoms with E-state index in [4.69, 9.17) is 4.74 Å². The molecule has 114 valence electrons. The SMILES string of the molecule is COc1nc(NC2CC2)n2ncc(/C=C(/C=O)NC=O)c2n1. The zero-order chi connectivity index (χ0) is 15.5. The summed E-state index contributed by atoms with van der Waals surface area (Å²) < 4.78 is 6.64. The molecule has 2 heterocycles. The number of anilines is 1. The summed E-state index contributed by atoms with van der Waals surface area (Å²) in [5.41, 5.74) is 1.15. The predicted octanol–water partition coefficient (Wildman–Crippen LogP) is -0.00700. The number of methoxy groups -OCH3 is 1. The second-order valence-corrected chi connectivity index (χ2v) is 4.77. The van der Waals surface area contributed by atoms with Crippen LogP contribution in [0, 0.1) is 0 Å². The molecule has 0 saturated heterocycles. The molecule has 0 unspecified atom stereocenters. The Hall–Kier alpha value is -2.97. The van der Waals surface area contributed by atoms with E-state index in [0.29, 0.717) is 35.9 Å². The fraction of sp³-hybridized carbons (Fsp3) is 0.308. The van der Waals surface area contributed by atoms with Crippen LogP contribution in [0.4, 0.5) is 5.95 Å². The molecule has 2 N–H and O–H groups in total. The largest absolute Gasteiger partial charge is 0.467 e. The molecule has 0 bridgehead atoms. The first kappa shape index (κ1) is 14.0. The molecular weight excluding hydrogens is 288 g/mol. The average Bonchev–Trinajstić information content (AvgIpc) is 3.26. The van der Waals surface area contributed by atoms with Crippen molar-refractivity contribution < 1.29 is 14.3 Å². The van der Waals surface area contributed by atoms with Crippen molar-refractivity contribution in [1.82, 2.24) is 24.9 Å². The Kier molecular flexibility index (Phi) is 3.69. The molecule has 22 heavy (non-hydrogen) atoms. The first-order valence-electron chi connectivity index (χ1n) is 6.68. The van der Waals surface area contributed by atoms with Gasteiger partial charge >= 0.3 is 6.01 Å². The number of carbonyl (C=O) groups excluding carboxylic acids is 2. The van der Waals surface area contributed by atoms with Gasteiger partial charge in [0.1, 0.15) is 0 Å². The monoisotopic (exact) mass is 302 g/mol. The van der Waals surface area contributed by atoms with E-state index in [9.17, 15) is 9.59 Å². The molecule has 1 fully saturated rings. The number of hydrogen-bond donors (Lipinski definition) is 2. The molecule has 1 amide bonds. The number of nitrogens with one attached hydrogen (secondary N) is 2. The van der Waals surface area contributed by atoms with Crippen LogP contribution in [0.25, 0.3) is 11.7 Å². The number of aldehydes is 1. The summed E-state index contributed by atoms with van der Waals surface area (Å²) in [6.45, 7) is 0. The van der Waals surface area contributed by atoms with Crippen molar-refractivity contribution >= 4 is 30.4 Å². The van der Waals surface area contributed by atoms with Crippen molar-refractivity contribution in [2.24, 2.45) is 0 Å². The number of carbonyl (C=O) groups is 2. The lowest BCUT2D eigenvalue weighted by Gasteiger charge is -2.07. The molecule has 0 spiro atoms. The second kappa shape index (κ2) is 5.80. The number of aromatic nitrogens is 4. The highest BCUT2D eigenvalue weighted by Gasteiger charge is 2.24. The van der Waals surface area contributed by atoms with Gasteiger partial charge in [0.05, 0.1) is 19.0 Å². The van der Waals surface area contributed by atoms with Crippen LogP contribution in [0.5, 0.6) is 6.01 Å². The van der Waals surface area contributed by atoms with Crippen LogP contribution in [0.1, 0.15) is 18.4 Å². The maximum absolute atomic E-state index is 10.9. The summed E-state index contributed by atoms with van der Waals surface area (Å²) in [4.78, 5) is 29.9. The van der Waals surface area contributed by atoms with Gasteiger partial charge in [-0.05, 0) is 18.9 Å². The number of fused-ring (bicyclic) bond motifs is 1. The van der Waals surface area contributed by atoms with E-state index in [-0.39, 0.29) is 11.7 Å². The molecule has 2 aromatic heterocycles. The number of amides is 1. The van der Waals surface area contributed by atoms with E-state index in [2.05, 4.69) is 25.7 Å². The summed E-state index contributed by atoms with van der Waals surface area (Å²) in [5, 5.41) is 9.77. The van der Waals surface area contributed by atoms with Crippen molar-refractivity contribution in [3.63, 3.8) is 0 Å². The quantitative estimate of drug-likeness (QED) is 0.546. The summed E-state index contributed by atoms with van der Waals surface area (Å²) in [7, 11) is 1.48. The number of allylic oxidation sites excluding steroid dienone is 1. The zero-order valence-electron chi connectivity index (χ0n) is 11.8. The average molecular weight is 302 g/mol. The van der Waals surface area contributed by atoms with Crippen LogP contribution in [0.3, 0.4) is 0 Å². The number of nitrogens with zero attached hydrogens (tertiary/aromatic N) is 4. The lowest BCUT2D eigenvalue weighted by Crippen LogP contribution is -2.12. The molecule has 1 aliphatic carbocycles. The Labute approximate surface area is 125 Å². The third-order valence-corrected chi connectivity index (χ3v) is 3.13. The van der Waals surface area contributed by atoms with E-state index < -0.39 is 0 Å². The van der Waals surface area contributed by atoms with Gasteiger partial charge in [-0.25, -0.2) is 0 Å². The molecule has 1 saturated carbocycles. The van der Waals surface area contributed by atoms with Crippen LogP contribution in [0.2, 0.25) is 0 Å². The molecule has 1 aliphatic rings. The van der Waals surface area contributed by atoms with Gasteiger partial charge in [-0.15, -0.1) is 0 Å². The normalized spacial score (nSPS) is 14.7. The van der Waals surface area contributed by atoms with E-state index in [1.54, 1.807) is 0 Å². The molecule has 0 radical (unpaired) electrons. The topological polar surface area (TPSA) is 111 Å². The molecule has 9 heteroatoms. The zero-order valence-corrected chi connectivity index (χ0v) is 11.8. The van der Waals surface area contributed by atoms with Crippen molar-refractivity contribution in [1.29, 1.82) is 0 Å². The van der Waals surface area contributed by atoms with Gasteiger partial charge in [-0.2, -0.15) is 19.6 Å². The van der Waals surface area contributed by atoms with Gasteiger partial charge in [-0.1, -0.05) is 0 Å². The highest BCUT2D eigenvalue weighted by molar-refractivity contribution is 5.86. The second-order valence-electron chi connectivity index (χ2n) is 4.77.